The van der Waals surface area contributed by atoms with Gasteiger partial charge in [-0.3, -0.25) is 4.79 Å². The average Bonchev–Trinajstić information content (AvgIpc) is 3.23. The van der Waals surface area contributed by atoms with E-state index in [1.54, 1.807) is 0 Å². The fourth-order valence-corrected chi connectivity index (χ4v) is 3.55. The highest BCUT2D eigenvalue weighted by Gasteiger charge is 2.41. The number of hydrogen-bond donors (Lipinski definition) is 1. The molecule has 21 heavy (non-hydrogen) atoms. The normalized spacial score (nSPS) is 27.1. The summed E-state index contributed by atoms with van der Waals surface area (Å²) in [5, 5.41) is 3.22. The number of amides is 1. The van der Waals surface area contributed by atoms with E-state index in [-0.39, 0.29) is 17.2 Å². The summed E-state index contributed by atoms with van der Waals surface area (Å²) in [5.41, 5.74) is 2.73. The van der Waals surface area contributed by atoms with Gasteiger partial charge in [-0.15, -0.1) is 0 Å². The second-order valence-corrected chi connectivity index (χ2v) is 6.74. The maximum Gasteiger partial charge on any atom is 0.223 e. The Bertz CT molecular complexity index is 520. The maximum absolute atomic E-state index is 12.2. The lowest BCUT2D eigenvalue weighted by Gasteiger charge is -2.39. The van der Waals surface area contributed by atoms with Gasteiger partial charge < -0.3 is 10.1 Å². The Kier molecular flexibility index (Phi) is 4.03. The molecule has 0 aromatic heterocycles. The van der Waals surface area contributed by atoms with Crippen molar-refractivity contribution in [2.45, 2.75) is 38.5 Å². The van der Waals surface area contributed by atoms with Gasteiger partial charge in [0.15, 0.2) is 0 Å². The Morgan fingerprint density at radius 1 is 1.33 bits per heavy atom. The molecule has 0 radical (unpaired) electrons. The zero-order valence-electron chi connectivity index (χ0n) is 13.0. The van der Waals surface area contributed by atoms with Crippen LogP contribution in [0.25, 0.3) is 0 Å². The molecule has 2 atom stereocenters. The van der Waals surface area contributed by atoms with Gasteiger partial charge in [0.25, 0.3) is 0 Å². The van der Waals surface area contributed by atoms with Gasteiger partial charge in [0.2, 0.25) is 5.91 Å². The minimum absolute atomic E-state index is 0.0391. The van der Waals surface area contributed by atoms with E-state index < -0.39 is 0 Å². The van der Waals surface area contributed by atoms with Crippen LogP contribution in [0.3, 0.4) is 0 Å². The quantitative estimate of drug-likeness (QED) is 0.925. The van der Waals surface area contributed by atoms with Crippen LogP contribution in [-0.2, 0) is 14.9 Å². The third kappa shape index (κ3) is 2.98. The molecule has 1 saturated carbocycles. The second-order valence-electron chi connectivity index (χ2n) is 6.74. The summed E-state index contributed by atoms with van der Waals surface area (Å²) in [6.45, 7) is 6.62. The van der Waals surface area contributed by atoms with Crippen molar-refractivity contribution in [1.82, 2.24) is 5.32 Å². The predicted molar refractivity (Wildman–Crippen MR) is 83.2 cm³/mol. The molecular formula is C18H25NO2. The highest BCUT2D eigenvalue weighted by atomic mass is 16.5. The monoisotopic (exact) mass is 287 g/mol. The molecule has 0 bridgehead atoms. The largest absolute Gasteiger partial charge is 0.381 e. The zero-order valence-corrected chi connectivity index (χ0v) is 13.0. The number of benzene rings is 1. The third-order valence-corrected chi connectivity index (χ3v) is 5.21. The molecule has 1 amide bonds. The lowest BCUT2D eigenvalue weighted by Crippen LogP contribution is -2.45. The van der Waals surface area contributed by atoms with Crippen LogP contribution in [0.1, 0.15) is 37.3 Å². The van der Waals surface area contributed by atoms with Crippen LogP contribution >= 0.6 is 0 Å². The second kappa shape index (κ2) is 5.80. The lowest BCUT2D eigenvalue weighted by molar-refractivity contribution is -0.123. The molecule has 1 aromatic carbocycles. The molecule has 2 unspecified atom stereocenters. The molecule has 3 nitrogen and oxygen atoms in total. The molecule has 3 rings (SSSR count). The molecule has 1 aromatic rings. The summed E-state index contributed by atoms with van der Waals surface area (Å²) in [4.78, 5) is 12.2. The van der Waals surface area contributed by atoms with E-state index in [1.165, 1.54) is 11.1 Å². The molecule has 1 N–H and O–H groups in total. The van der Waals surface area contributed by atoms with Crippen molar-refractivity contribution in [2.24, 2.45) is 11.8 Å². The minimum Gasteiger partial charge on any atom is -0.381 e. The van der Waals surface area contributed by atoms with Crippen LogP contribution in [0.2, 0.25) is 0 Å². The van der Waals surface area contributed by atoms with Crippen molar-refractivity contribution in [1.29, 1.82) is 0 Å². The van der Waals surface area contributed by atoms with Crippen molar-refractivity contribution < 1.29 is 9.53 Å². The molecule has 3 heteroatoms. The molecule has 2 fully saturated rings. The van der Waals surface area contributed by atoms with Gasteiger partial charge in [-0.05, 0) is 43.2 Å². The number of ether oxygens (including phenoxy) is 1. The Morgan fingerprint density at radius 3 is 2.62 bits per heavy atom. The zero-order chi connectivity index (χ0) is 14.9. The van der Waals surface area contributed by atoms with Crippen molar-refractivity contribution in [3.05, 3.63) is 35.4 Å². The molecule has 1 aliphatic heterocycles. The first-order chi connectivity index (χ1) is 10.1. The Hall–Kier alpha value is -1.35. The van der Waals surface area contributed by atoms with E-state index in [4.69, 9.17) is 4.74 Å². The van der Waals surface area contributed by atoms with Crippen molar-refractivity contribution >= 4 is 5.91 Å². The molecule has 1 aliphatic carbocycles. The van der Waals surface area contributed by atoms with Gasteiger partial charge in [-0.1, -0.05) is 31.2 Å². The van der Waals surface area contributed by atoms with E-state index in [2.05, 4.69) is 43.4 Å². The third-order valence-electron chi connectivity index (χ3n) is 5.21. The van der Waals surface area contributed by atoms with E-state index in [1.807, 2.05) is 0 Å². The van der Waals surface area contributed by atoms with Crippen LogP contribution in [0.5, 0.6) is 0 Å². The molecule has 1 saturated heterocycles. The molecule has 2 aliphatic rings. The summed E-state index contributed by atoms with van der Waals surface area (Å²) >= 11 is 0. The van der Waals surface area contributed by atoms with Crippen LogP contribution in [0.4, 0.5) is 0 Å². The first kappa shape index (κ1) is 14.6. The predicted octanol–water partition coefficient (Wildman–Crippen LogP) is 2.82. The van der Waals surface area contributed by atoms with E-state index >= 15 is 0 Å². The summed E-state index contributed by atoms with van der Waals surface area (Å²) in [6, 6.07) is 8.56. The Labute approximate surface area is 127 Å². The van der Waals surface area contributed by atoms with E-state index in [9.17, 15) is 4.79 Å². The van der Waals surface area contributed by atoms with Gasteiger partial charge >= 0.3 is 0 Å². The lowest BCUT2D eigenvalue weighted by atomic mass is 9.72. The summed E-state index contributed by atoms with van der Waals surface area (Å²) in [6.07, 6.45) is 3.02. The summed E-state index contributed by atoms with van der Waals surface area (Å²) in [5.74, 6) is 1.05. The highest BCUT2D eigenvalue weighted by molar-refractivity contribution is 5.81. The number of aryl methyl sites for hydroxylation is 1. The van der Waals surface area contributed by atoms with Gasteiger partial charge in [0, 0.05) is 31.1 Å². The fraction of sp³-hybridized carbons (Fsp3) is 0.611. The van der Waals surface area contributed by atoms with Crippen molar-refractivity contribution in [2.75, 3.05) is 19.8 Å². The highest BCUT2D eigenvalue weighted by Crippen LogP contribution is 2.39. The average molecular weight is 287 g/mol. The minimum atomic E-state index is 0.0391. The van der Waals surface area contributed by atoms with E-state index in [0.29, 0.717) is 5.92 Å². The summed E-state index contributed by atoms with van der Waals surface area (Å²) in [7, 11) is 0. The number of carbonyl (C=O) groups is 1. The van der Waals surface area contributed by atoms with Crippen LogP contribution in [0.15, 0.2) is 24.3 Å². The topological polar surface area (TPSA) is 38.3 Å². The van der Waals surface area contributed by atoms with Gasteiger partial charge in [-0.25, -0.2) is 0 Å². The smallest absolute Gasteiger partial charge is 0.223 e. The van der Waals surface area contributed by atoms with Crippen molar-refractivity contribution in [3.63, 3.8) is 0 Å². The Morgan fingerprint density at radius 2 is 2.00 bits per heavy atom. The van der Waals surface area contributed by atoms with E-state index in [0.717, 1.165) is 39.0 Å². The molecule has 1 heterocycles. The first-order valence-electron chi connectivity index (χ1n) is 8.04. The first-order valence-corrected chi connectivity index (χ1v) is 8.04. The SMILES string of the molecule is Cc1ccccc1C1(CNC(=O)C2CC2C)CCOCC1. The Balaban J connectivity index is 1.77. The standard InChI is InChI=1S/C18H25NO2/c1-13-5-3-4-6-16(13)18(7-9-21-10-8-18)12-19-17(20)15-11-14(15)2/h3-6,14-15H,7-12H2,1-2H3,(H,19,20). The van der Waals surface area contributed by atoms with Gasteiger partial charge in [-0.2, -0.15) is 0 Å². The maximum atomic E-state index is 12.2. The fourth-order valence-electron chi connectivity index (χ4n) is 3.55. The number of nitrogens with one attached hydrogen (secondary N) is 1. The van der Waals surface area contributed by atoms with Crippen molar-refractivity contribution in [3.8, 4) is 0 Å². The van der Waals surface area contributed by atoms with Crippen LogP contribution in [-0.4, -0.2) is 25.7 Å². The van der Waals surface area contributed by atoms with Gasteiger partial charge in [0.05, 0.1) is 0 Å². The number of hydrogen-bond acceptors (Lipinski definition) is 2. The van der Waals surface area contributed by atoms with Gasteiger partial charge in [0.1, 0.15) is 0 Å². The number of rotatable bonds is 4. The summed E-state index contributed by atoms with van der Waals surface area (Å²) < 4.78 is 5.56. The molecule has 0 spiro atoms. The van der Waals surface area contributed by atoms with Crippen LogP contribution < -0.4 is 5.32 Å². The molecular weight excluding hydrogens is 262 g/mol. The molecule has 114 valence electrons. The number of carbonyl (C=O) groups excluding carboxylic acids is 1. The van der Waals surface area contributed by atoms with Crippen LogP contribution in [0, 0.1) is 18.8 Å².